The summed E-state index contributed by atoms with van der Waals surface area (Å²) in [4.78, 5) is 3.94. The number of aromatic nitrogens is 3. The van der Waals surface area contributed by atoms with Crippen LogP contribution in [-0.4, -0.2) is 21.8 Å². The highest BCUT2D eigenvalue weighted by molar-refractivity contribution is 5.82. The van der Waals surface area contributed by atoms with Crippen LogP contribution >= 0.6 is 0 Å². The molecule has 0 spiro atoms. The van der Waals surface area contributed by atoms with Gasteiger partial charge in [-0.25, -0.2) is 9.67 Å². The number of nitrogens with zero attached hydrogens (tertiary/aromatic N) is 3. The van der Waals surface area contributed by atoms with Gasteiger partial charge in [-0.2, -0.15) is 5.10 Å². The number of nitrogens with one attached hydrogen (secondary N) is 1. The zero-order chi connectivity index (χ0) is 12.4. The highest BCUT2D eigenvalue weighted by Gasteiger charge is 2.13. The summed E-state index contributed by atoms with van der Waals surface area (Å²) >= 11 is 0. The summed E-state index contributed by atoms with van der Waals surface area (Å²) in [6.45, 7) is 1.38. The summed E-state index contributed by atoms with van der Waals surface area (Å²) in [5.41, 5.74) is 2.10. The molecule has 0 saturated heterocycles. The van der Waals surface area contributed by atoms with Crippen LogP contribution in [0.25, 0.3) is 11.0 Å². The Hall–Kier alpha value is -2.14. The standard InChI is InChI=1S/C13H14N4O/c1-14-6-11-10-4-2-3-5-12(10)18-13(11)7-17-9-15-8-16-17/h2-5,8-9,14H,6-7H2,1H3. The molecule has 0 fully saturated rings. The molecule has 1 aromatic carbocycles. The van der Waals surface area contributed by atoms with Crippen LogP contribution < -0.4 is 5.32 Å². The Morgan fingerprint density at radius 1 is 1.33 bits per heavy atom. The van der Waals surface area contributed by atoms with Crippen LogP contribution in [0.2, 0.25) is 0 Å². The summed E-state index contributed by atoms with van der Waals surface area (Å²) in [6.07, 6.45) is 3.22. The zero-order valence-corrected chi connectivity index (χ0v) is 10.1. The number of fused-ring (bicyclic) bond motifs is 1. The molecule has 2 aromatic heterocycles. The van der Waals surface area contributed by atoms with Crippen LogP contribution in [0.15, 0.2) is 41.3 Å². The van der Waals surface area contributed by atoms with Crippen LogP contribution in [0.5, 0.6) is 0 Å². The zero-order valence-electron chi connectivity index (χ0n) is 10.1. The van der Waals surface area contributed by atoms with E-state index in [1.165, 1.54) is 11.9 Å². The lowest BCUT2D eigenvalue weighted by Gasteiger charge is -2.02. The minimum Gasteiger partial charge on any atom is -0.459 e. The molecule has 18 heavy (non-hydrogen) atoms. The van der Waals surface area contributed by atoms with Gasteiger partial charge < -0.3 is 9.73 Å². The summed E-state index contributed by atoms with van der Waals surface area (Å²) in [5.74, 6) is 0.927. The highest BCUT2D eigenvalue weighted by atomic mass is 16.3. The summed E-state index contributed by atoms with van der Waals surface area (Å²) < 4.78 is 7.66. The van der Waals surface area contributed by atoms with E-state index in [4.69, 9.17) is 4.42 Å². The first-order valence-electron chi connectivity index (χ1n) is 5.85. The number of hydrogen-bond acceptors (Lipinski definition) is 4. The molecule has 0 aliphatic carbocycles. The molecule has 0 aliphatic rings. The van der Waals surface area contributed by atoms with E-state index in [0.29, 0.717) is 6.54 Å². The third-order valence-electron chi connectivity index (χ3n) is 2.91. The van der Waals surface area contributed by atoms with E-state index in [1.54, 1.807) is 11.0 Å². The summed E-state index contributed by atoms with van der Waals surface area (Å²) in [6, 6.07) is 8.07. The van der Waals surface area contributed by atoms with Gasteiger partial charge in [0.15, 0.2) is 0 Å². The number of furan rings is 1. The third kappa shape index (κ3) is 1.89. The van der Waals surface area contributed by atoms with Crippen LogP contribution in [-0.2, 0) is 13.1 Å². The molecule has 5 heteroatoms. The summed E-state index contributed by atoms with van der Waals surface area (Å²) in [7, 11) is 1.93. The minimum absolute atomic E-state index is 0.603. The van der Waals surface area contributed by atoms with E-state index in [2.05, 4.69) is 21.5 Å². The van der Waals surface area contributed by atoms with Crippen LogP contribution in [0.3, 0.4) is 0 Å². The molecule has 0 unspecified atom stereocenters. The first-order chi connectivity index (χ1) is 8.88. The Bertz CT molecular complexity index is 642. The van der Waals surface area contributed by atoms with Gasteiger partial charge in [-0.3, -0.25) is 0 Å². The van der Waals surface area contributed by atoms with Crippen molar-refractivity contribution in [1.82, 2.24) is 20.1 Å². The van der Waals surface area contributed by atoms with Crippen molar-refractivity contribution in [3.8, 4) is 0 Å². The lowest BCUT2D eigenvalue weighted by atomic mass is 10.1. The fourth-order valence-electron chi connectivity index (χ4n) is 2.11. The predicted octanol–water partition coefficient (Wildman–Crippen LogP) is 1.79. The topological polar surface area (TPSA) is 55.9 Å². The van der Waals surface area contributed by atoms with Gasteiger partial charge in [-0.1, -0.05) is 18.2 Å². The molecule has 2 heterocycles. The van der Waals surface area contributed by atoms with Gasteiger partial charge in [0.05, 0.1) is 0 Å². The molecule has 0 atom stereocenters. The van der Waals surface area contributed by atoms with Gasteiger partial charge in [0.2, 0.25) is 0 Å². The van der Waals surface area contributed by atoms with Crippen molar-refractivity contribution in [2.24, 2.45) is 0 Å². The maximum Gasteiger partial charge on any atom is 0.137 e. The number of para-hydroxylation sites is 1. The van der Waals surface area contributed by atoms with Gasteiger partial charge in [-0.05, 0) is 13.1 Å². The van der Waals surface area contributed by atoms with Crippen LogP contribution in [0.1, 0.15) is 11.3 Å². The molecular weight excluding hydrogens is 228 g/mol. The maximum atomic E-state index is 5.90. The fourth-order valence-corrected chi connectivity index (χ4v) is 2.11. The molecule has 0 radical (unpaired) electrons. The number of hydrogen-bond donors (Lipinski definition) is 1. The second-order valence-electron chi connectivity index (χ2n) is 4.12. The lowest BCUT2D eigenvalue weighted by Crippen LogP contribution is -2.08. The average Bonchev–Trinajstić information content (AvgIpc) is 3.00. The quantitative estimate of drug-likeness (QED) is 0.757. The van der Waals surface area contributed by atoms with E-state index in [-0.39, 0.29) is 0 Å². The molecule has 1 N–H and O–H groups in total. The normalized spacial score (nSPS) is 11.2. The second-order valence-corrected chi connectivity index (χ2v) is 4.12. The molecule has 3 rings (SSSR count). The SMILES string of the molecule is CNCc1c(Cn2cncn2)oc2ccccc12. The number of rotatable bonds is 4. The Balaban J connectivity index is 2.06. The average molecular weight is 242 g/mol. The molecule has 92 valence electrons. The first-order valence-corrected chi connectivity index (χ1v) is 5.85. The lowest BCUT2D eigenvalue weighted by molar-refractivity contribution is 0.501. The molecular formula is C13H14N4O. The minimum atomic E-state index is 0.603. The van der Waals surface area contributed by atoms with Crippen molar-refractivity contribution in [2.45, 2.75) is 13.1 Å². The predicted molar refractivity (Wildman–Crippen MR) is 68.1 cm³/mol. The Morgan fingerprint density at radius 2 is 2.22 bits per heavy atom. The Kier molecular flexibility index (Phi) is 2.82. The van der Waals surface area contributed by atoms with Gasteiger partial charge >= 0.3 is 0 Å². The van der Waals surface area contributed by atoms with Crippen molar-refractivity contribution >= 4 is 11.0 Å². The van der Waals surface area contributed by atoms with E-state index in [0.717, 1.165) is 23.3 Å². The molecule has 3 aromatic rings. The smallest absolute Gasteiger partial charge is 0.137 e. The van der Waals surface area contributed by atoms with E-state index in [1.807, 2.05) is 25.2 Å². The number of benzene rings is 1. The maximum absolute atomic E-state index is 5.90. The Morgan fingerprint density at radius 3 is 3.00 bits per heavy atom. The van der Waals surface area contributed by atoms with Crippen molar-refractivity contribution in [1.29, 1.82) is 0 Å². The molecule has 0 saturated carbocycles. The van der Waals surface area contributed by atoms with Crippen molar-refractivity contribution < 1.29 is 4.42 Å². The Labute approximate surface area is 104 Å². The third-order valence-corrected chi connectivity index (χ3v) is 2.91. The second kappa shape index (κ2) is 4.62. The van der Waals surface area contributed by atoms with Gasteiger partial charge in [0, 0.05) is 17.5 Å². The molecule has 5 nitrogen and oxygen atoms in total. The molecule has 0 bridgehead atoms. The van der Waals surface area contributed by atoms with E-state index < -0.39 is 0 Å². The summed E-state index contributed by atoms with van der Waals surface area (Å²) in [5, 5.41) is 8.44. The molecule has 0 aliphatic heterocycles. The fraction of sp³-hybridized carbons (Fsp3) is 0.231. The van der Waals surface area contributed by atoms with Crippen LogP contribution in [0, 0.1) is 0 Å². The van der Waals surface area contributed by atoms with Crippen molar-refractivity contribution in [2.75, 3.05) is 7.05 Å². The monoisotopic (exact) mass is 242 g/mol. The van der Waals surface area contributed by atoms with Gasteiger partial charge in [0.1, 0.15) is 30.5 Å². The van der Waals surface area contributed by atoms with Gasteiger partial charge in [-0.15, -0.1) is 0 Å². The van der Waals surface area contributed by atoms with E-state index >= 15 is 0 Å². The largest absolute Gasteiger partial charge is 0.459 e. The van der Waals surface area contributed by atoms with Crippen molar-refractivity contribution in [3.63, 3.8) is 0 Å². The first kappa shape index (κ1) is 11.0. The van der Waals surface area contributed by atoms with E-state index in [9.17, 15) is 0 Å². The molecule has 0 amide bonds. The van der Waals surface area contributed by atoms with Crippen LogP contribution in [0.4, 0.5) is 0 Å². The van der Waals surface area contributed by atoms with Gasteiger partial charge in [0.25, 0.3) is 0 Å². The van der Waals surface area contributed by atoms with Crippen molar-refractivity contribution in [3.05, 3.63) is 48.2 Å². The highest BCUT2D eigenvalue weighted by Crippen LogP contribution is 2.26.